The molecule has 2 amide bonds. The van der Waals surface area contributed by atoms with Gasteiger partial charge < -0.3 is 16.2 Å². The molecule has 6 heteroatoms. The Kier molecular flexibility index (Phi) is 5.32. The number of hydrogen-bond donors (Lipinski definition) is 3. The van der Waals surface area contributed by atoms with E-state index in [4.69, 9.17) is 10.8 Å². The third-order valence-electron chi connectivity index (χ3n) is 4.00. The van der Waals surface area contributed by atoms with Crippen molar-refractivity contribution in [3.8, 4) is 0 Å². The van der Waals surface area contributed by atoms with E-state index in [2.05, 4.69) is 5.32 Å². The van der Waals surface area contributed by atoms with Crippen LogP contribution in [0.4, 0.5) is 0 Å². The molecule has 1 aliphatic rings. The van der Waals surface area contributed by atoms with Crippen molar-refractivity contribution in [2.75, 3.05) is 0 Å². The fourth-order valence-corrected chi connectivity index (χ4v) is 2.65. The van der Waals surface area contributed by atoms with Gasteiger partial charge in [-0.05, 0) is 25.7 Å². The van der Waals surface area contributed by atoms with Gasteiger partial charge in [-0.2, -0.15) is 0 Å². The van der Waals surface area contributed by atoms with E-state index in [1.54, 1.807) is 0 Å². The summed E-state index contributed by atoms with van der Waals surface area (Å²) in [6.45, 7) is 1.95. The highest BCUT2D eigenvalue weighted by Gasteiger charge is 2.40. The first-order chi connectivity index (χ1) is 8.91. The summed E-state index contributed by atoms with van der Waals surface area (Å²) in [4.78, 5) is 34.1. The molecular weight excluding hydrogens is 248 g/mol. The van der Waals surface area contributed by atoms with Crippen molar-refractivity contribution in [1.82, 2.24) is 5.32 Å². The van der Waals surface area contributed by atoms with Crippen LogP contribution in [0.25, 0.3) is 0 Å². The third kappa shape index (κ3) is 3.94. The molecule has 108 valence electrons. The number of carboxylic acid groups (broad SMARTS) is 1. The molecule has 0 spiro atoms. The van der Waals surface area contributed by atoms with Crippen LogP contribution in [0.2, 0.25) is 0 Å². The lowest BCUT2D eigenvalue weighted by Gasteiger charge is -2.28. The molecule has 1 fully saturated rings. The summed E-state index contributed by atoms with van der Waals surface area (Å²) in [5, 5.41) is 11.6. The highest BCUT2D eigenvalue weighted by molar-refractivity contribution is 5.88. The lowest BCUT2D eigenvalue weighted by Crippen LogP contribution is -2.47. The van der Waals surface area contributed by atoms with Crippen molar-refractivity contribution in [3.05, 3.63) is 0 Å². The lowest BCUT2D eigenvalue weighted by atomic mass is 9.82. The van der Waals surface area contributed by atoms with Gasteiger partial charge in [0.15, 0.2) is 0 Å². The van der Waals surface area contributed by atoms with Gasteiger partial charge in [0.05, 0.1) is 0 Å². The molecule has 6 nitrogen and oxygen atoms in total. The van der Waals surface area contributed by atoms with Gasteiger partial charge in [-0.25, -0.2) is 4.79 Å². The molecule has 1 rings (SSSR count). The highest BCUT2D eigenvalue weighted by atomic mass is 16.4. The van der Waals surface area contributed by atoms with Crippen molar-refractivity contribution in [3.63, 3.8) is 0 Å². The zero-order valence-corrected chi connectivity index (χ0v) is 11.3. The second kappa shape index (κ2) is 6.54. The van der Waals surface area contributed by atoms with Crippen molar-refractivity contribution in [2.45, 2.75) is 57.9 Å². The number of nitrogens with two attached hydrogens (primary N) is 1. The molecule has 0 bridgehead atoms. The second-order valence-corrected chi connectivity index (χ2v) is 5.21. The molecule has 0 aromatic carbocycles. The molecular formula is C13H22N2O4. The molecule has 0 aromatic heterocycles. The number of aliphatic carboxylic acids is 1. The summed E-state index contributed by atoms with van der Waals surface area (Å²) >= 11 is 0. The Hall–Kier alpha value is -1.59. The molecule has 0 radical (unpaired) electrons. The minimum absolute atomic E-state index is 0.0379. The number of rotatable bonds is 7. The van der Waals surface area contributed by atoms with E-state index in [1.165, 1.54) is 0 Å². The Bertz CT molecular complexity index is 362. The molecule has 0 saturated heterocycles. The summed E-state index contributed by atoms with van der Waals surface area (Å²) in [6, 6.07) is -1.04. The minimum Gasteiger partial charge on any atom is -0.480 e. The summed E-state index contributed by atoms with van der Waals surface area (Å²) < 4.78 is 0. The zero-order chi connectivity index (χ0) is 14.5. The molecule has 0 aromatic rings. The van der Waals surface area contributed by atoms with Crippen LogP contribution in [-0.4, -0.2) is 28.9 Å². The van der Waals surface area contributed by atoms with E-state index in [1.807, 2.05) is 6.92 Å². The van der Waals surface area contributed by atoms with Gasteiger partial charge >= 0.3 is 5.97 Å². The lowest BCUT2D eigenvalue weighted by molar-refractivity contribution is -0.144. The third-order valence-corrected chi connectivity index (χ3v) is 4.00. The molecule has 1 saturated carbocycles. The summed E-state index contributed by atoms with van der Waals surface area (Å²) in [7, 11) is 0. The zero-order valence-electron chi connectivity index (χ0n) is 11.3. The van der Waals surface area contributed by atoms with Crippen LogP contribution in [-0.2, 0) is 14.4 Å². The van der Waals surface area contributed by atoms with E-state index in [-0.39, 0.29) is 18.7 Å². The number of carbonyl (C=O) groups excluding carboxylic acids is 2. The molecule has 0 heterocycles. The molecule has 0 aliphatic heterocycles. The molecule has 1 aliphatic carbocycles. The predicted molar refractivity (Wildman–Crippen MR) is 69.2 cm³/mol. The molecule has 1 unspecified atom stereocenters. The van der Waals surface area contributed by atoms with Crippen molar-refractivity contribution in [1.29, 1.82) is 0 Å². The number of nitrogens with one attached hydrogen (secondary N) is 1. The van der Waals surface area contributed by atoms with E-state index < -0.39 is 23.3 Å². The van der Waals surface area contributed by atoms with Crippen LogP contribution in [0.1, 0.15) is 51.9 Å². The fourth-order valence-electron chi connectivity index (χ4n) is 2.65. The van der Waals surface area contributed by atoms with Gasteiger partial charge in [0, 0.05) is 11.8 Å². The van der Waals surface area contributed by atoms with Crippen LogP contribution in [0, 0.1) is 5.41 Å². The van der Waals surface area contributed by atoms with Crippen molar-refractivity contribution in [2.24, 2.45) is 11.1 Å². The van der Waals surface area contributed by atoms with Crippen LogP contribution in [0.5, 0.6) is 0 Å². The normalized spacial score (nSPS) is 18.8. The fraction of sp³-hybridized carbons (Fsp3) is 0.769. The van der Waals surface area contributed by atoms with E-state index >= 15 is 0 Å². The average Bonchev–Trinajstić information content (AvgIpc) is 2.83. The Morgan fingerprint density at radius 3 is 2.32 bits per heavy atom. The smallest absolute Gasteiger partial charge is 0.326 e. The maximum Gasteiger partial charge on any atom is 0.326 e. The molecule has 19 heavy (non-hydrogen) atoms. The largest absolute Gasteiger partial charge is 0.480 e. The molecule has 1 atom stereocenters. The maximum absolute atomic E-state index is 12.3. The van der Waals surface area contributed by atoms with E-state index in [0.717, 1.165) is 25.7 Å². The first kappa shape index (κ1) is 15.5. The summed E-state index contributed by atoms with van der Waals surface area (Å²) in [6.07, 6.45) is 4.31. The number of carbonyl (C=O) groups is 3. The van der Waals surface area contributed by atoms with E-state index in [0.29, 0.717) is 6.42 Å². The van der Waals surface area contributed by atoms with Gasteiger partial charge in [-0.1, -0.05) is 19.8 Å². The Balaban J connectivity index is 2.65. The van der Waals surface area contributed by atoms with E-state index in [9.17, 15) is 14.4 Å². The average molecular weight is 270 g/mol. The standard InChI is InChI=1S/C13H22N2O4/c1-2-13(7-3-4-8-13)12(19)15-9(11(17)18)5-6-10(14)16/h9H,2-8H2,1H3,(H2,14,16)(H,15,19)(H,17,18). The number of primary amides is 1. The van der Waals surface area contributed by atoms with Gasteiger partial charge in [0.2, 0.25) is 11.8 Å². The van der Waals surface area contributed by atoms with Crippen LogP contribution in [0.15, 0.2) is 0 Å². The number of amides is 2. The first-order valence-corrected chi connectivity index (χ1v) is 6.73. The second-order valence-electron chi connectivity index (χ2n) is 5.21. The summed E-state index contributed by atoms with van der Waals surface area (Å²) in [5.74, 6) is -1.89. The van der Waals surface area contributed by atoms with Crippen molar-refractivity contribution < 1.29 is 19.5 Å². The van der Waals surface area contributed by atoms with Gasteiger partial charge in [-0.3, -0.25) is 9.59 Å². The highest BCUT2D eigenvalue weighted by Crippen LogP contribution is 2.41. The first-order valence-electron chi connectivity index (χ1n) is 6.73. The topological polar surface area (TPSA) is 109 Å². The Morgan fingerprint density at radius 1 is 1.32 bits per heavy atom. The monoisotopic (exact) mass is 270 g/mol. The SMILES string of the molecule is CCC1(C(=O)NC(CCC(N)=O)C(=O)O)CCCC1. The quantitative estimate of drug-likeness (QED) is 0.635. The number of carboxylic acids is 1. The Morgan fingerprint density at radius 2 is 1.89 bits per heavy atom. The molecule has 4 N–H and O–H groups in total. The summed E-state index contributed by atoms with van der Waals surface area (Å²) in [5.41, 5.74) is 4.57. The van der Waals surface area contributed by atoms with Gasteiger partial charge in [0.25, 0.3) is 0 Å². The van der Waals surface area contributed by atoms with Gasteiger partial charge in [-0.15, -0.1) is 0 Å². The van der Waals surface area contributed by atoms with Crippen molar-refractivity contribution >= 4 is 17.8 Å². The minimum atomic E-state index is -1.13. The number of hydrogen-bond acceptors (Lipinski definition) is 3. The van der Waals surface area contributed by atoms with Crippen LogP contribution >= 0.6 is 0 Å². The predicted octanol–water partition coefficient (Wildman–Crippen LogP) is 0.792. The van der Waals surface area contributed by atoms with Crippen LogP contribution in [0.3, 0.4) is 0 Å². The van der Waals surface area contributed by atoms with Gasteiger partial charge in [0.1, 0.15) is 6.04 Å². The Labute approximate surface area is 112 Å². The maximum atomic E-state index is 12.3. The van der Waals surface area contributed by atoms with Crippen LogP contribution < -0.4 is 11.1 Å².